The number of aryl methyl sites for hydroxylation is 1. The maximum absolute atomic E-state index is 13.2. The van der Waals surface area contributed by atoms with E-state index in [1.807, 2.05) is 67.6 Å². The van der Waals surface area contributed by atoms with E-state index in [1.165, 1.54) is 0 Å². The van der Waals surface area contributed by atoms with Crippen LogP contribution < -0.4 is 0 Å². The number of fused-ring (bicyclic) bond motifs is 1. The molecular formula is C23H20N2O. The molecule has 0 spiro atoms. The van der Waals surface area contributed by atoms with Crippen LogP contribution in [0.15, 0.2) is 84.9 Å². The second-order valence-corrected chi connectivity index (χ2v) is 6.45. The highest BCUT2D eigenvalue weighted by atomic mass is 16.2. The minimum absolute atomic E-state index is 0.0189. The first-order chi connectivity index (χ1) is 12.7. The maximum Gasteiger partial charge on any atom is 0.233 e. The molecular weight excluding hydrogens is 320 g/mol. The summed E-state index contributed by atoms with van der Waals surface area (Å²) in [5.41, 5.74) is 4.02. The lowest BCUT2D eigenvalue weighted by Crippen LogP contribution is -2.17. The Kier molecular flexibility index (Phi) is 4.36. The van der Waals surface area contributed by atoms with Crippen LogP contribution in [-0.4, -0.2) is 15.5 Å². The van der Waals surface area contributed by atoms with E-state index >= 15 is 0 Å². The maximum atomic E-state index is 13.2. The summed E-state index contributed by atoms with van der Waals surface area (Å²) in [4.78, 5) is 17.7. The topological polar surface area (TPSA) is 34.9 Å². The molecule has 0 unspecified atom stereocenters. The van der Waals surface area contributed by atoms with Gasteiger partial charge >= 0.3 is 0 Å². The van der Waals surface area contributed by atoms with Crippen molar-refractivity contribution in [3.63, 3.8) is 0 Å². The Morgan fingerprint density at radius 2 is 1.38 bits per heavy atom. The second-order valence-electron chi connectivity index (χ2n) is 6.45. The number of hydrogen-bond donors (Lipinski definition) is 0. The van der Waals surface area contributed by atoms with Gasteiger partial charge in [-0.15, -0.1) is 0 Å². The first-order valence-electron chi connectivity index (χ1n) is 8.81. The standard InChI is InChI=1S/C23H20N2O/c1-17-24-21-14-8-9-15-22(21)25(17)23(26)16-20(18-10-4-2-5-11-18)19-12-6-3-7-13-19/h2-15,20H,16H2,1H3. The fraction of sp³-hybridized carbons (Fsp3) is 0.130. The largest absolute Gasteiger partial charge is 0.274 e. The Morgan fingerprint density at radius 3 is 2.00 bits per heavy atom. The predicted octanol–water partition coefficient (Wildman–Crippen LogP) is 5.21. The van der Waals surface area contributed by atoms with E-state index in [-0.39, 0.29) is 11.8 Å². The highest BCUT2D eigenvalue weighted by Crippen LogP contribution is 2.29. The normalized spacial score (nSPS) is 11.2. The Morgan fingerprint density at radius 1 is 0.846 bits per heavy atom. The Labute approximate surface area is 152 Å². The van der Waals surface area contributed by atoms with Gasteiger partial charge in [0.25, 0.3) is 0 Å². The summed E-state index contributed by atoms with van der Waals surface area (Å²) in [6.45, 7) is 1.89. The van der Waals surface area contributed by atoms with Gasteiger partial charge < -0.3 is 0 Å². The first kappa shape index (κ1) is 16.3. The van der Waals surface area contributed by atoms with Crippen molar-refractivity contribution >= 4 is 16.9 Å². The Balaban J connectivity index is 1.74. The van der Waals surface area contributed by atoms with Crippen LogP contribution in [0.4, 0.5) is 0 Å². The smallest absolute Gasteiger partial charge is 0.233 e. The molecule has 0 radical (unpaired) electrons. The third-order valence-corrected chi connectivity index (χ3v) is 4.76. The van der Waals surface area contributed by atoms with Gasteiger partial charge in [-0.25, -0.2) is 4.98 Å². The van der Waals surface area contributed by atoms with E-state index < -0.39 is 0 Å². The van der Waals surface area contributed by atoms with Crippen LogP contribution >= 0.6 is 0 Å². The fourth-order valence-corrected chi connectivity index (χ4v) is 3.53. The molecule has 3 aromatic carbocycles. The van der Waals surface area contributed by atoms with Crippen LogP contribution in [0.25, 0.3) is 11.0 Å². The Hall–Kier alpha value is -3.20. The van der Waals surface area contributed by atoms with Gasteiger partial charge in [-0.2, -0.15) is 0 Å². The molecule has 0 atom stereocenters. The zero-order chi connectivity index (χ0) is 17.9. The fourth-order valence-electron chi connectivity index (χ4n) is 3.53. The number of para-hydroxylation sites is 2. The van der Waals surface area contributed by atoms with Crippen molar-refractivity contribution in [1.29, 1.82) is 0 Å². The first-order valence-corrected chi connectivity index (χ1v) is 8.81. The monoisotopic (exact) mass is 340 g/mol. The molecule has 0 bridgehead atoms. The molecule has 0 saturated carbocycles. The number of imidazole rings is 1. The molecule has 0 fully saturated rings. The number of hydrogen-bond acceptors (Lipinski definition) is 2. The third kappa shape index (κ3) is 3.04. The Bertz CT molecular complexity index is 996. The SMILES string of the molecule is Cc1nc2ccccc2n1C(=O)CC(c1ccccc1)c1ccccc1. The molecule has 4 aromatic rings. The lowest BCUT2D eigenvalue weighted by atomic mass is 9.88. The van der Waals surface area contributed by atoms with Gasteiger partial charge in [0.15, 0.2) is 0 Å². The molecule has 1 aromatic heterocycles. The van der Waals surface area contributed by atoms with Crippen LogP contribution in [0.1, 0.15) is 34.1 Å². The van der Waals surface area contributed by atoms with Gasteiger partial charge in [-0.3, -0.25) is 9.36 Å². The number of nitrogens with zero attached hydrogens (tertiary/aromatic N) is 2. The molecule has 128 valence electrons. The van der Waals surface area contributed by atoms with Crippen molar-refractivity contribution in [2.45, 2.75) is 19.3 Å². The average Bonchev–Trinajstić information content (AvgIpc) is 3.03. The molecule has 3 nitrogen and oxygen atoms in total. The van der Waals surface area contributed by atoms with E-state index in [4.69, 9.17) is 0 Å². The predicted molar refractivity (Wildman–Crippen MR) is 104 cm³/mol. The minimum atomic E-state index is 0.0189. The molecule has 26 heavy (non-hydrogen) atoms. The summed E-state index contributed by atoms with van der Waals surface area (Å²) in [6, 6.07) is 28.2. The zero-order valence-corrected chi connectivity index (χ0v) is 14.7. The lowest BCUT2D eigenvalue weighted by molar-refractivity contribution is 0.0900. The average molecular weight is 340 g/mol. The van der Waals surface area contributed by atoms with Crippen LogP contribution in [0.3, 0.4) is 0 Å². The van der Waals surface area contributed by atoms with Gasteiger partial charge in [0.2, 0.25) is 5.91 Å². The van der Waals surface area contributed by atoms with Crippen molar-refractivity contribution in [2.24, 2.45) is 0 Å². The lowest BCUT2D eigenvalue weighted by Gasteiger charge is -2.18. The van der Waals surface area contributed by atoms with Crippen molar-refractivity contribution < 1.29 is 4.79 Å². The minimum Gasteiger partial charge on any atom is -0.274 e. The van der Waals surface area contributed by atoms with E-state index in [0.717, 1.165) is 28.0 Å². The summed E-state index contributed by atoms with van der Waals surface area (Å²) in [7, 11) is 0. The summed E-state index contributed by atoms with van der Waals surface area (Å²) in [5, 5.41) is 0. The summed E-state index contributed by atoms with van der Waals surface area (Å²) in [5.74, 6) is 0.815. The second kappa shape index (κ2) is 6.96. The number of benzene rings is 3. The molecule has 1 heterocycles. The van der Waals surface area contributed by atoms with Crippen molar-refractivity contribution in [3.05, 3.63) is 102 Å². The quantitative estimate of drug-likeness (QED) is 0.511. The molecule has 0 saturated heterocycles. The van der Waals surface area contributed by atoms with Crippen LogP contribution in [0.2, 0.25) is 0 Å². The summed E-state index contributed by atoms with van der Waals surface area (Å²) >= 11 is 0. The van der Waals surface area contributed by atoms with Crippen LogP contribution in [0.5, 0.6) is 0 Å². The third-order valence-electron chi connectivity index (χ3n) is 4.76. The summed E-state index contributed by atoms with van der Waals surface area (Å²) in [6.07, 6.45) is 0.398. The van der Waals surface area contributed by atoms with Gasteiger partial charge in [-0.1, -0.05) is 72.8 Å². The molecule has 0 aliphatic heterocycles. The van der Waals surface area contributed by atoms with Crippen molar-refractivity contribution in [1.82, 2.24) is 9.55 Å². The van der Waals surface area contributed by atoms with E-state index in [0.29, 0.717) is 6.42 Å². The van der Waals surface area contributed by atoms with Gasteiger partial charge in [0.1, 0.15) is 5.82 Å². The van der Waals surface area contributed by atoms with Gasteiger partial charge in [0, 0.05) is 12.3 Å². The van der Waals surface area contributed by atoms with Crippen LogP contribution in [0, 0.1) is 6.92 Å². The molecule has 0 amide bonds. The van der Waals surface area contributed by atoms with E-state index in [1.54, 1.807) is 4.57 Å². The number of carbonyl (C=O) groups excluding carboxylic acids is 1. The molecule has 3 heteroatoms. The summed E-state index contributed by atoms with van der Waals surface area (Å²) < 4.78 is 1.74. The van der Waals surface area contributed by atoms with Gasteiger partial charge in [0.05, 0.1) is 11.0 Å². The highest BCUT2D eigenvalue weighted by molar-refractivity contribution is 5.91. The molecule has 0 aliphatic rings. The number of rotatable bonds is 4. The number of aromatic nitrogens is 2. The highest BCUT2D eigenvalue weighted by Gasteiger charge is 2.21. The number of carbonyl (C=O) groups is 1. The van der Waals surface area contributed by atoms with Gasteiger partial charge in [-0.05, 0) is 30.2 Å². The molecule has 4 rings (SSSR count). The van der Waals surface area contributed by atoms with Crippen molar-refractivity contribution in [2.75, 3.05) is 0 Å². The molecule has 0 N–H and O–H groups in total. The van der Waals surface area contributed by atoms with E-state index in [9.17, 15) is 4.79 Å². The van der Waals surface area contributed by atoms with Crippen LogP contribution in [-0.2, 0) is 0 Å². The molecule has 0 aliphatic carbocycles. The van der Waals surface area contributed by atoms with Crippen molar-refractivity contribution in [3.8, 4) is 0 Å². The zero-order valence-electron chi connectivity index (χ0n) is 14.7. The van der Waals surface area contributed by atoms with E-state index in [2.05, 4.69) is 29.2 Å².